The number of hydrogen-bond donors (Lipinski definition) is 2. The molecule has 0 saturated heterocycles. The standard InChI is InChI=1S/C16H31N3O/c1-2-11-19(15-9-7-13(17)8-10-15)12-16(20)18-14-5-3-4-6-14/h13-15H,2-12,17H2,1H3,(H,18,20). The molecule has 0 heterocycles. The summed E-state index contributed by atoms with van der Waals surface area (Å²) in [5.41, 5.74) is 5.98. The highest BCUT2D eigenvalue weighted by atomic mass is 16.2. The van der Waals surface area contributed by atoms with Crippen LogP contribution in [0.5, 0.6) is 0 Å². The van der Waals surface area contributed by atoms with Crippen molar-refractivity contribution < 1.29 is 4.79 Å². The van der Waals surface area contributed by atoms with Gasteiger partial charge in [0.1, 0.15) is 0 Å². The van der Waals surface area contributed by atoms with Gasteiger partial charge in [0, 0.05) is 18.1 Å². The van der Waals surface area contributed by atoms with Crippen LogP contribution in [0, 0.1) is 0 Å². The number of carbonyl (C=O) groups excluding carboxylic acids is 1. The summed E-state index contributed by atoms with van der Waals surface area (Å²) >= 11 is 0. The number of carbonyl (C=O) groups is 1. The van der Waals surface area contributed by atoms with Crippen LogP contribution in [0.3, 0.4) is 0 Å². The van der Waals surface area contributed by atoms with Crippen molar-refractivity contribution in [3.05, 3.63) is 0 Å². The van der Waals surface area contributed by atoms with E-state index in [-0.39, 0.29) is 5.91 Å². The molecule has 1 amide bonds. The number of nitrogens with one attached hydrogen (secondary N) is 1. The molecule has 4 nitrogen and oxygen atoms in total. The fourth-order valence-corrected chi connectivity index (χ4v) is 3.67. The summed E-state index contributed by atoms with van der Waals surface area (Å²) in [5, 5.41) is 3.21. The molecular weight excluding hydrogens is 250 g/mol. The molecule has 3 N–H and O–H groups in total. The van der Waals surface area contributed by atoms with Crippen LogP contribution in [0.1, 0.15) is 64.7 Å². The monoisotopic (exact) mass is 281 g/mol. The Morgan fingerprint density at radius 3 is 2.40 bits per heavy atom. The molecule has 0 radical (unpaired) electrons. The molecule has 2 fully saturated rings. The first-order valence-corrected chi connectivity index (χ1v) is 8.48. The van der Waals surface area contributed by atoms with Gasteiger partial charge in [-0.15, -0.1) is 0 Å². The van der Waals surface area contributed by atoms with E-state index in [2.05, 4.69) is 17.1 Å². The second kappa shape index (κ2) is 7.99. The van der Waals surface area contributed by atoms with Crippen LogP contribution >= 0.6 is 0 Å². The Morgan fingerprint density at radius 1 is 1.15 bits per heavy atom. The van der Waals surface area contributed by atoms with Crippen LogP contribution < -0.4 is 11.1 Å². The minimum Gasteiger partial charge on any atom is -0.352 e. The Morgan fingerprint density at radius 2 is 1.80 bits per heavy atom. The quantitative estimate of drug-likeness (QED) is 0.783. The molecule has 0 atom stereocenters. The van der Waals surface area contributed by atoms with E-state index in [4.69, 9.17) is 5.73 Å². The Labute approximate surface area is 123 Å². The number of amides is 1. The maximum absolute atomic E-state index is 12.2. The minimum atomic E-state index is 0.222. The van der Waals surface area contributed by atoms with Gasteiger partial charge in [0.05, 0.1) is 6.54 Å². The third-order valence-electron chi connectivity index (χ3n) is 4.84. The highest BCUT2D eigenvalue weighted by Crippen LogP contribution is 2.22. The third-order valence-corrected chi connectivity index (χ3v) is 4.84. The van der Waals surface area contributed by atoms with Crippen LogP contribution in [0.25, 0.3) is 0 Å². The lowest BCUT2D eigenvalue weighted by atomic mass is 9.90. The van der Waals surface area contributed by atoms with Crippen molar-refractivity contribution in [3.63, 3.8) is 0 Å². The van der Waals surface area contributed by atoms with E-state index < -0.39 is 0 Å². The normalized spacial score (nSPS) is 27.9. The molecule has 116 valence electrons. The zero-order valence-corrected chi connectivity index (χ0v) is 12.9. The van der Waals surface area contributed by atoms with Crippen LogP contribution in [0.15, 0.2) is 0 Å². The van der Waals surface area contributed by atoms with Gasteiger partial charge in [0.2, 0.25) is 5.91 Å². The topological polar surface area (TPSA) is 58.4 Å². The van der Waals surface area contributed by atoms with Crippen molar-refractivity contribution >= 4 is 5.91 Å². The molecule has 0 spiro atoms. The van der Waals surface area contributed by atoms with Gasteiger partial charge in [-0.1, -0.05) is 19.8 Å². The summed E-state index contributed by atoms with van der Waals surface area (Å²) in [6, 6.07) is 1.37. The van der Waals surface area contributed by atoms with Gasteiger partial charge >= 0.3 is 0 Å². The second-order valence-electron chi connectivity index (χ2n) is 6.59. The molecule has 20 heavy (non-hydrogen) atoms. The zero-order valence-electron chi connectivity index (χ0n) is 12.9. The zero-order chi connectivity index (χ0) is 14.4. The van der Waals surface area contributed by atoms with Crippen LogP contribution in [0.2, 0.25) is 0 Å². The molecule has 4 heteroatoms. The Kier molecular flexibility index (Phi) is 6.30. The van der Waals surface area contributed by atoms with Crippen LogP contribution in [0.4, 0.5) is 0 Å². The van der Waals surface area contributed by atoms with Gasteiger partial charge in [-0.05, 0) is 51.5 Å². The van der Waals surface area contributed by atoms with E-state index in [0.29, 0.717) is 24.7 Å². The lowest BCUT2D eigenvalue weighted by Crippen LogP contribution is -2.47. The molecule has 0 bridgehead atoms. The van der Waals surface area contributed by atoms with Crippen LogP contribution in [-0.4, -0.2) is 42.0 Å². The predicted molar refractivity (Wildman–Crippen MR) is 82.5 cm³/mol. The highest BCUT2D eigenvalue weighted by Gasteiger charge is 2.26. The summed E-state index contributed by atoms with van der Waals surface area (Å²) in [7, 11) is 0. The van der Waals surface area contributed by atoms with Gasteiger partial charge in [-0.3, -0.25) is 9.69 Å². The van der Waals surface area contributed by atoms with Crippen molar-refractivity contribution in [1.29, 1.82) is 0 Å². The lowest BCUT2D eigenvalue weighted by molar-refractivity contribution is -0.123. The van der Waals surface area contributed by atoms with Gasteiger partial charge in [-0.2, -0.15) is 0 Å². The Hall–Kier alpha value is -0.610. The van der Waals surface area contributed by atoms with Gasteiger partial charge in [0.25, 0.3) is 0 Å². The maximum atomic E-state index is 12.2. The van der Waals surface area contributed by atoms with Gasteiger partial charge in [0.15, 0.2) is 0 Å². The molecule has 0 aromatic rings. The first-order valence-electron chi connectivity index (χ1n) is 8.48. The van der Waals surface area contributed by atoms with Gasteiger partial charge in [-0.25, -0.2) is 0 Å². The smallest absolute Gasteiger partial charge is 0.234 e. The molecule has 2 aliphatic carbocycles. The molecule has 0 unspecified atom stereocenters. The van der Waals surface area contributed by atoms with Crippen molar-refractivity contribution in [1.82, 2.24) is 10.2 Å². The summed E-state index contributed by atoms with van der Waals surface area (Å²) in [5.74, 6) is 0.222. The van der Waals surface area contributed by atoms with E-state index in [1.807, 2.05) is 0 Å². The van der Waals surface area contributed by atoms with Gasteiger partial charge < -0.3 is 11.1 Å². The number of hydrogen-bond acceptors (Lipinski definition) is 3. The molecular formula is C16H31N3O. The molecule has 0 aromatic heterocycles. The van der Waals surface area contributed by atoms with Crippen molar-refractivity contribution in [2.75, 3.05) is 13.1 Å². The number of nitrogens with two attached hydrogens (primary N) is 1. The van der Waals surface area contributed by atoms with E-state index >= 15 is 0 Å². The summed E-state index contributed by atoms with van der Waals surface area (Å²) < 4.78 is 0. The van der Waals surface area contributed by atoms with E-state index in [1.165, 1.54) is 12.8 Å². The predicted octanol–water partition coefficient (Wildman–Crippen LogP) is 2.03. The molecule has 2 aliphatic rings. The third kappa shape index (κ3) is 4.74. The second-order valence-corrected chi connectivity index (χ2v) is 6.59. The largest absolute Gasteiger partial charge is 0.352 e. The SMILES string of the molecule is CCCN(CC(=O)NC1CCCC1)C1CCC(N)CC1. The highest BCUT2D eigenvalue weighted by molar-refractivity contribution is 5.78. The molecule has 2 saturated carbocycles. The average molecular weight is 281 g/mol. The fourth-order valence-electron chi connectivity index (χ4n) is 3.67. The van der Waals surface area contributed by atoms with Crippen molar-refractivity contribution in [3.8, 4) is 0 Å². The summed E-state index contributed by atoms with van der Waals surface area (Å²) in [6.07, 6.45) is 10.5. The summed E-state index contributed by atoms with van der Waals surface area (Å²) in [6.45, 7) is 3.79. The van der Waals surface area contributed by atoms with E-state index in [1.54, 1.807) is 0 Å². The Bertz CT molecular complexity index is 294. The molecule has 2 rings (SSSR count). The number of rotatable bonds is 6. The fraction of sp³-hybridized carbons (Fsp3) is 0.938. The van der Waals surface area contributed by atoms with Crippen molar-refractivity contribution in [2.24, 2.45) is 5.73 Å². The Balaban J connectivity index is 1.79. The van der Waals surface area contributed by atoms with Crippen LogP contribution in [-0.2, 0) is 4.79 Å². The number of nitrogens with zero attached hydrogens (tertiary/aromatic N) is 1. The first kappa shape index (κ1) is 15.8. The maximum Gasteiger partial charge on any atom is 0.234 e. The average Bonchev–Trinajstić information content (AvgIpc) is 2.92. The van der Waals surface area contributed by atoms with Crippen molar-refractivity contribution in [2.45, 2.75) is 82.8 Å². The summed E-state index contributed by atoms with van der Waals surface area (Å²) in [4.78, 5) is 14.6. The molecule has 0 aromatic carbocycles. The lowest BCUT2D eigenvalue weighted by Gasteiger charge is -2.35. The first-order chi connectivity index (χ1) is 9.69. The molecule has 0 aliphatic heterocycles. The van der Waals surface area contributed by atoms with E-state index in [0.717, 1.165) is 51.5 Å². The van der Waals surface area contributed by atoms with E-state index in [9.17, 15) is 4.79 Å². The minimum absolute atomic E-state index is 0.222.